The van der Waals surface area contributed by atoms with E-state index in [9.17, 15) is 0 Å². The van der Waals surface area contributed by atoms with E-state index in [1.165, 1.54) is 0 Å². The molecular formula is C7H17N3O. The third kappa shape index (κ3) is 3.95. The molecule has 0 spiro atoms. The monoisotopic (exact) mass is 159 g/mol. The summed E-state index contributed by atoms with van der Waals surface area (Å²) in [5.74, 6) is 0.198. The van der Waals surface area contributed by atoms with Gasteiger partial charge in [0.2, 0.25) is 0 Å². The molecule has 0 fully saturated rings. The molecule has 3 N–H and O–H groups in total. The number of ether oxygens (including phenoxy) is 1. The first-order chi connectivity index (χ1) is 5.09. The van der Waals surface area contributed by atoms with Gasteiger partial charge in [0.25, 0.3) is 0 Å². The molecule has 0 aromatic rings. The number of likely N-dealkylation sites (N-methyl/N-ethyl adjacent to an activating group) is 1. The molecule has 1 atom stereocenters. The van der Waals surface area contributed by atoms with Crippen molar-refractivity contribution >= 4 is 5.84 Å². The van der Waals surface area contributed by atoms with E-state index in [2.05, 4.69) is 0 Å². The largest absolute Gasteiger partial charge is 0.386 e. The number of hydrogen-bond donors (Lipinski definition) is 2. The van der Waals surface area contributed by atoms with Crippen LogP contribution in [0, 0.1) is 5.41 Å². The number of amidine groups is 1. The summed E-state index contributed by atoms with van der Waals surface area (Å²) >= 11 is 0. The molecule has 66 valence electrons. The number of methoxy groups -OCH3 is 1. The van der Waals surface area contributed by atoms with E-state index in [0.717, 1.165) is 6.54 Å². The Morgan fingerprint density at radius 3 is 2.64 bits per heavy atom. The van der Waals surface area contributed by atoms with Crippen LogP contribution in [0.15, 0.2) is 0 Å². The topological polar surface area (TPSA) is 62.3 Å². The molecule has 0 amide bonds. The van der Waals surface area contributed by atoms with Gasteiger partial charge < -0.3 is 10.5 Å². The van der Waals surface area contributed by atoms with Gasteiger partial charge in [-0.2, -0.15) is 0 Å². The van der Waals surface area contributed by atoms with Gasteiger partial charge in [0.1, 0.15) is 5.84 Å². The number of hydrogen-bond acceptors (Lipinski definition) is 3. The van der Waals surface area contributed by atoms with Crippen LogP contribution < -0.4 is 5.73 Å². The zero-order chi connectivity index (χ0) is 8.85. The zero-order valence-corrected chi connectivity index (χ0v) is 7.42. The summed E-state index contributed by atoms with van der Waals surface area (Å²) in [6.45, 7) is 3.38. The van der Waals surface area contributed by atoms with Crippen molar-refractivity contribution in [3.8, 4) is 0 Å². The number of nitrogens with two attached hydrogens (primary N) is 1. The lowest BCUT2D eigenvalue weighted by molar-refractivity contribution is 0.155. The van der Waals surface area contributed by atoms with E-state index >= 15 is 0 Å². The van der Waals surface area contributed by atoms with Crippen molar-refractivity contribution < 1.29 is 4.74 Å². The standard InChI is InChI=1S/C7H17N3O/c1-6(7(8)9)10(2)4-5-11-3/h6H,4-5H2,1-3H3,(H3,8,9). The zero-order valence-electron chi connectivity index (χ0n) is 7.42. The van der Waals surface area contributed by atoms with Crippen LogP contribution in [-0.4, -0.2) is 44.1 Å². The highest BCUT2D eigenvalue weighted by Crippen LogP contribution is 1.93. The molecule has 4 heteroatoms. The first-order valence-electron chi connectivity index (χ1n) is 3.62. The van der Waals surface area contributed by atoms with Gasteiger partial charge in [-0.25, -0.2) is 0 Å². The SMILES string of the molecule is COCCN(C)C(C)C(=N)N. The Kier molecular flexibility index (Phi) is 4.81. The van der Waals surface area contributed by atoms with E-state index in [1.807, 2.05) is 18.9 Å². The van der Waals surface area contributed by atoms with Crippen LogP contribution >= 0.6 is 0 Å². The smallest absolute Gasteiger partial charge is 0.108 e. The second-order valence-electron chi connectivity index (χ2n) is 2.60. The normalized spacial score (nSPS) is 13.5. The fraction of sp³-hybridized carbons (Fsp3) is 0.857. The molecule has 0 rings (SSSR count). The van der Waals surface area contributed by atoms with E-state index in [0.29, 0.717) is 6.61 Å². The van der Waals surface area contributed by atoms with Crippen molar-refractivity contribution in [3.63, 3.8) is 0 Å². The van der Waals surface area contributed by atoms with Crippen molar-refractivity contribution in [2.75, 3.05) is 27.3 Å². The van der Waals surface area contributed by atoms with Gasteiger partial charge in [0.15, 0.2) is 0 Å². The van der Waals surface area contributed by atoms with Crippen LogP contribution in [0.5, 0.6) is 0 Å². The Bertz CT molecular complexity index is 127. The average molecular weight is 159 g/mol. The summed E-state index contributed by atoms with van der Waals surface area (Å²) in [6, 6.07) is 0.00477. The second kappa shape index (κ2) is 5.09. The van der Waals surface area contributed by atoms with Crippen LogP contribution in [0.1, 0.15) is 6.92 Å². The minimum absolute atomic E-state index is 0.00477. The molecular weight excluding hydrogens is 142 g/mol. The lowest BCUT2D eigenvalue weighted by Crippen LogP contribution is -2.41. The predicted molar refractivity (Wildman–Crippen MR) is 45.9 cm³/mol. The van der Waals surface area contributed by atoms with Crippen molar-refractivity contribution in [2.45, 2.75) is 13.0 Å². The van der Waals surface area contributed by atoms with Gasteiger partial charge in [-0.3, -0.25) is 10.3 Å². The minimum Gasteiger partial charge on any atom is -0.386 e. The summed E-state index contributed by atoms with van der Waals surface area (Å²) < 4.78 is 4.89. The maximum Gasteiger partial charge on any atom is 0.108 e. The fourth-order valence-electron chi connectivity index (χ4n) is 0.666. The van der Waals surface area contributed by atoms with Crippen LogP contribution in [0.25, 0.3) is 0 Å². The lowest BCUT2D eigenvalue weighted by atomic mass is 10.3. The highest BCUT2D eigenvalue weighted by atomic mass is 16.5. The third-order valence-electron chi connectivity index (χ3n) is 1.76. The van der Waals surface area contributed by atoms with Crippen molar-refractivity contribution in [3.05, 3.63) is 0 Å². The maximum absolute atomic E-state index is 7.16. The molecule has 0 saturated carbocycles. The first-order valence-corrected chi connectivity index (χ1v) is 3.62. The number of rotatable bonds is 5. The van der Waals surface area contributed by atoms with Crippen LogP contribution in [-0.2, 0) is 4.74 Å². The van der Waals surface area contributed by atoms with Crippen LogP contribution in [0.4, 0.5) is 0 Å². The minimum atomic E-state index is 0.00477. The highest BCUT2D eigenvalue weighted by Gasteiger charge is 2.10. The Labute approximate surface area is 67.8 Å². The van der Waals surface area contributed by atoms with Crippen molar-refractivity contribution in [1.29, 1.82) is 5.41 Å². The van der Waals surface area contributed by atoms with E-state index in [4.69, 9.17) is 15.9 Å². The van der Waals surface area contributed by atoms with Crippen molar-refractivity contribution in [1.82, 2.24) is 4.90 Å². The molecule has 0 aliphatic carbocycles. The average Bonchev–Trinajstić information content (AvgIpc) is 1.98. The Morgan fingerprint density at radius 1 is 1.73 bits per heavy atom. The quantitative estimate of drug-likeness (QED) is 0.434. The van der Waals surface area contributed by atoms with Crippen LogP contribution in [0.3, 0.4) is 0 Å². The molecule has 1 unspecified atom stereocenters. The summed E-state index contributed by atoms with van der Waals surface area (Å²) in [5.41, 5.74) is 5.31. The third-order valence-corrected chi connectivity index (χ3v) is 1.76. The summed E-state index contributed by atoms with van der Waals surface area (Å²) in [7, 11) is 3.58. The molecule has 0 bridgehead atoms. The van der Waals surface area contributed by atoms with Gasteiger partial charge in [-0.05, 0) is 14.0 Å². The van der Waals surface area contributed by atoms with Gasteiger partial charge in [0.05, 0.1) is 12.6 Å². The molecule has 0 saturated heterocycles. The van der Waals surface area contributed by atoms with E-state index in [-0.39, 0.29) is 11.9 Å². The maximum atomic E-state index is 7.16. The summed E-state index contributed by atoms with van der Waals surface area (Å²) in [5, 5.41) is 7.16. The Hall–Kier alpha value is -0.610. The van der Waals surface area contributed by atoms with Crippen LogP contribution in [0.2, 0.25) is 0 Å². The molecule has 0 aliphatic rings. The van der Waals surface area contributed by atoms with E-state index in [1.54, 1.807) is 7.11 Å². The Morgan fingerprint density at radius 2 is 2.27 bits per heavy atom. The lowest BCUT2D eigenvalue weighted by Gasteiger charge is -2.22. The predicted octanol–water partition coefficient (Wildman–Crippen LogP) is -0.111. The molecule has 4 nitrogen and oxygen atoms in total. The second-order valence-corrected chi connectivity index (χ2v) is 2.60. The molecule has 0 radical (unpaired) electrons. The van der Waals surface area contributed by atoms with Gasteiger partial charge in [-0.15, -0.1) is 0 Å². The van der Waals surface area contributed by atoms with Gasteiger partial charge in [-0.1, -0.05) is 0 Å². The number of nitrogens with zero attached hydrogens (tertiary/aromatic N) is 1. The molecule has 0 aliphatic heterocycles. The van der Waals surface area contributed by atoms with E-state index < -0.39 is 0 Å². The molecule has 0 heterocycles. The molecule has 11 heavy (non-hydrogen) atoms. The highest BCUT2D eigenvalue weighted by molar-refractivity contribution is 5.82. The summed E-state index contributed by atoms with van der Waals surface area (Å²) in [4.78, 5) is 1.98. The molecule has 0 aromatic carbocycles. The first kappa shape index (κ1) is 10.4. The van der Waals surface area contributed by atoms with Crippen molar-refractivity contribution in [2.24, 2.45) is 5.73 Å². The summed E-state index contributed by atoms with van der Waals surface area (Å²) in [6.07, 6.45) is 0. The van der Waals surface area contributed by atoms with Gasteiger partial charge >= 0.3 is 0 Å². The Balaban J connectivity index is 3.63. The number of nitrogens with one attached hydrogen (secondary N) is 1. The van der Waals surface area contributed by atoms with Gasteiger partial charge in [0, 0.05) is 13.7 Å². The molecule has 0 aromatic heterocycles. The fourth-order valence-corrected chi connectivity index (χ4v) is 0.666.